The van der Waals surface area contributed by atoms with E-state index in [1.165, 1.54) is 0 Å². The molecule has 0 fully saturated rings. The molecule has 27 heavy (non-hydrogen) atoms. The van der Waals surface area contributed by atoms with Gasteiger partial charge in [0.1, 0.15) is 13.3 Å². The normalized spacial score (nSPS) is 14.7. The van der Waals surface area contributed by atoms with Crippen molar-refractivity contribution in [1.82, 2.24) is 0 Å². The molecule has 0 unspecified atom stereocenters. The van der Waals surface area contributed by atoms with Gasteiger partial charge in [0, 0.05) is 34.6 Å². The minimum Gasteiger partial charge on any atom is -0.462 e. The van der Waals surface area contributed by atoms with Gasteiger partial charge >= 0.3 is 29.8 Å². The van der Waals surface area contributed by atoms with Crippen molar-refractivity contribution in [1.29, 1.82) is 0 Å². The number of halogens is 1. The van der Waals surface area contributed by atoms with Gasteiger partial charge in [-0.25, -0.2) is 4.39 Å². The van der Waals surface area contributed by atoms with Gasteiger partial charge in [-0.2, -0.15) is 0 Å². The fourth-order valence-corrected chi connectivity index (χ4v) is 2.10. The molecule has 0 rings (SSSR count). The quantitative estimate of drug-likeness (QED) is 0.376. The molecule has 11 heteroatoms. The Morgan fingerprint density at radius 1 is 0.630 bits per heavy atom. The van der Waals surface area contributed by atoms with Crippen LogP contribution >= 0.6 is 0 Å². The number of esters is 5. The maximum Gasteiger partial charge on any atom is 0.303 e. The Hall–Kier alpha value is -2.72. The van der Waals surface area contributed by atoms with Gasteiger partial charge in [0.05, 0.1) is 0 Å². The molecule has 0 N–H and O–H groups in total. The molecule has 0 saturated heterocycles. The van der Waals surface area contributed by atoms with Crippen LogP contribution in [-0.2, 0) is 47.7 Å². The van der Waals surface area contributed by atoms with E-state index in [0.29, 0.717) is 0 Å². The molecule has 0 aliphatic heterocycles. The van der Waals surface area contributed by atoms with Crippen LogP contribution in [0, 0.1) is 0 Å². The second kappa shape index (κ2) is 11.8. The van der Waals surface area contributed by atoms with Crippen LogP contribution in [0.25, 0.3) is 0 Å². The van der Waals surface area contributed by atoms with Crippen molar-refractivity contribution in [3.05, 3.63) is 0 Å². The van der Waals surface area contributed by atoms with E-state index in [4.69, 9.17) is 23.7 Å². The highest BCUT2D eigenvalue weighted by atomic mass is 18.2. The van der Waals surface area contributed by atoms with Crippen LogP contribution in [-0.4, -0.2) is 67.5 Å². The number of hydrogen-bond acceptors (Lipinski definition) is 10. The average molecular weight is 393 g/mol. The highest BCUT2D eigenvalue weighted by molar-refractivity contribution is 5.69. The van der Waals surface area contributed by atoms with Crippen LogP contribution in [0.1, 0.15) is 34.6 Å². The van der Waals surface area contributed by atoms with Crippen molar-refractivity contribution >= 4 is 29.8 Å². The number of hydrogen-bond donors (Lipinski definition) is 0. The van der Waals surface area contributed by atoms with Crippen LogP contribution in [0.4, 0.5) is 4.39 Å². The lowest BCUT2D eigenvalue weighted by molar-refractivity contribution is -0.203. The van der Waals surface area contributed by atoms with E-state index in [0.717, 1.165) is 34.6 Å². The first kappa shape index (κ1) is 24.3. The van der Waals surface area contributed by atoms with Crippen LogP contribution in [0.2, 0.25) is 0 Å². The summed E-state index contributed by atoms with van der Waals surface area (Å²) < 4.78 is 38.0. The second-order valence-corrected chi connectivity index (χ2v) is 5.40. The summed E-state index contributed by atoms with van der Waals surface area (Å²) in [6, 6.07) is 0. The number of carbonyl (C=O) groups is 5. The van der Waals surface area contributed by atoms with E-state index in [9.17, 15) is 28.4 Å². The Morgan fingerprint density at radius 2 is 1.00 bits per heavy atom. The molecule has 4 atom stereocenters. The maximum atomic E-state index is 13.5. The summed E-state index contributed by atoms with van der Waals surface area (Å²) in [5.74, 6) is -4.26. The Bertz CT molecular complexity index is 561. The molecule has 0 aliphatic rings. The molecule has 0 amide bonds. The molecular formula is C16H23FO10. The lowest BCUT2D eigenvalue weighted by atomic mass is 10.0. The highest BCUT2D eigenvalue weighted by Gasteiger charge is 2.43. The predicted octanol–water partition coefficient (Wildman–Crippen LogP) is 0.246. The Balaban J connectivity index is 5.96. The summed E-state index contributed by atoms with van der Waals surface area (Å²) in [6.07, 6.45) is -6.40. The van der Waals surface area contributed by atoms with Crippen LogP contribution in [0.5, 0.6) is 0 Å². The lowest BCUT2D eigenvalue weighted by Gasteiger charge is -2.34. The summed E-state index contributed by atoms with van der Waals surface area (Å²) in [7, 11) is 0. The Morgan fingerprint density at radius 3 is 1.33 bits per heavy atom. The van der Waals surface area contributed by atoms with Gasteiger partial charge < -0.3 is 23.7 Å². The smallest absolute Gasteiger partial charge is 0.303 e. The van der Waals surface area contributed by atoms with E-state index in [1.807, 2.05) is 0 Å². The van der Waals surface area contributed by atoms with Gasteiger partial charge in [-0.3, -0.25) is 24.0 Å². The first-order chi connectivity index (χ1) is 12.5. The van der Waals surface area contributed by atoms with E-state index >= 15 is 0 Å². The van der Waals surface area contributed by atoms with Crippen molar-refractivity contribution in [2.45, 2.75) is 59.0 Å². The summed E-state index contributed by atoms with van der Waals surface area (Å²) in [5, 5.41) is 0. The average Bonchev–Trinajstić information content (AvgIpc) is 2.51. The molecule has 0 radical (unpaired) electrons. The Kier molecular flexibility index (Phi) is 10.6. The summed E-state index contributed by atoms with van der Waals surface area (Å²) >= 11 is 0. The minimum atomic E-state index is -1.67. The van der Waals surface area contributed by atoms with Gasteiger partial charge in [-0.15, -0.1) is 0 Å². The monoisotopic (exact) mass is 393 g/mol. The third-order valence-electron chi connectivity index (χ3n) is 2.90. The zero-order chi connectivity index (χ0) is 21.1. The Labute approximate surface area is 155 Å². The summed E-state index contributed by atoms with van der Waals surface area (Å²) in [5.41, 5.74) is 0. The zero-order valence-corrected chi connectivity index (χ0v) is 15.7. The fourth-order valence-electron chi connectivity index (χ4n) is 2.10. The first-order valence-corrected chi connectivity index (χ1v) is 7.86. The maximum absolute atomic E-state index is 13.5. The van der Waals surface area contributed by atoms with Gasteiger partial charge in [0.25, 0.3) is 0 Å². The summed E-state index contributed by atoms with van der Waals surface area (Å²) in [4.78, 5) is 56.6. The van der Waals surface area contributed by atoms with Crippen molar-refractivity contribution in [2.75, 3.05) is 13.3 Å². The molecule has 154 valence electrons. The van der Waals surface area contributed by atoms with E-state index in [-0.39, 0.29) is 0 Å². The van der Waals surface area contributed by atoms with Crippen molar-refractivity contribution in [3.63, 3.8) is 0 Å². The van der Waals surface area contributed by atoms with Crippen molar-refractivity contribution < 1.29 is 52.0 Å². The van der Waals surface area contributed by atoms with Crippen LogP contribution < -0.4 is 0 Å². The van der Waals surface area contributed by atoms with Crippen molar-refractivity contribution in [2.24, 2.45) is 0 Å². The van der Waals surface area contributed by atoms with Gasteiger partial charge in [-0.05, 0) is 0 Å². The molecule has 0 bridgehead atoms. The first-order valence-electron chi connectivity index (χ1n) is 7.86. The molecule has 0 spiro atoms. The third-order valence-corrected chi connectivity index (χ3v) is 2.90. The fraction of sp³-hybridized carbons (Fsp3) is 0.688. The molecule has 0 heterocycles. The zero-order valence-electron chi connectivity index (χ0n) is 15.7. The topological polar surface area (TPSA) is 132 Å². The molecule has 0 aliphatic carbocycles. The van der Waals surface area contributed by atoms with E-state index in [2.05, 4.69) is 0 Å². The third kappa shape index (κ3) is 10.1. The number of rotatable bonds is 10. The van der Waals surface area contributed by atoms with Crippen LogP contribution in [0.15, 0.2) is 0 Å². The standard InChI is InChI=1S/C16H23FO10/c1-8(18)23-7-14(25-10(3)20)16(27-12(5)22)15(26-11(4)21)13(6-17)24-9(2)19/h13-16H,6-7H2,1-5H3/t13-,14-,15-,16-/m1/s1/i17-1. The van der Waals surface area contributed by atoms with Gasteiger partial charge in [0.2, 0.25) is 0 Å². The SMILES string of the molecule is CC(=O)OC[C@@H](OC(C)=O)[C@@H](OC(C)=O)[C@H](OC(C)=O)[C@@H](C[18F])OC(C)=O. The largest absolute Gasteiger partial charge is 0.462 e. The highest BCUT2D eigenvalue weighted by Crippen LogP contribution is 2.20. The van der Waals surface area contributed by atoms with Crippen molar-refractivity contribution in [3.8, 4) is 0 Å². The molecule has 0 saturated carbocycles. The molecule has 0 aromatic carbocycles. The van der Waals surface area contributed by atoms with Gasteiger partial charge in [-0.1, -0.05) is 0 Å². The minimum absolute atomic E-state index is 0.580. The van der Waals surface area contributed by atoms with Gasteiger partial charge in [0.15, 0.2) is 24.4 Å². The molecule has 0 aromatic rings. The molecule has 0 aromatic heterocycles. The van der Waals surface area contributed by atoms with E-state index < -0.39 is 67.5 Å². The molecule has 10 nitrogen and oxygen atoms in total. The number of alkyl halides is 1. The second-order valence-electron chi connectivity index (χ2n) is 5.40. The lowest BCUT2D eigenvalue weighted by Crippen LogP contribution is -2.53. The predicted molar refractivity (Wildman–Crippen MR) is 84.8 cm³/mol. The number of carbonyl (C=O) groups excluding carboxylic acids is 5. The molecular weight excluding hydrogens is 370 g/mol. The van der Waals surface area contributed by atoms with Crippen LogP contribution in [0.3, 0.4) is 0 Å². The van der Waals surface area contributed by atoms with E-state index in [1.54, 1.807) is 0 Å². The summed E-state index contributed by atoms with van der Waals surface area (Å²) in [6.45, 7) is 3.23. The number of ether oxygens (including phenoxy) is 5.